The van der Waals surface area contributed by atoms with Gasteiger partial charge in [0.2, 0.25) is 0 Å². The smallest absolute Gasteiger partial charge is 0.380 e. The number of benzene rings is 1. The molecule has 0 saturated carbocycles. The van der Waals surface area contributed by atoms with Crippen LogP contribution < -0.4 is 11.1 Å². The predicted molar refractivity (Wildman–Crippen MR) is 59.8 cm³/mol. The van der Waals surface area contributed by atoms with Gasteiger partial charge in [0.25, 0.3) is 0 Å². The first-order valence-corrected chi connectivity index (χ1v) is 5.33. The van der Waals surface area contributed by atoms with Gasteiger partial charge in [0.1, 0.15) is 5.82 Å². The van der Waals surface area contributed by atoms with Crippen LogP contribution in [-0.4, -0.2) is 26.3 Å². The van der Waals surface area contributed by atoms with E-state index in [0.717, 1.165) is 12.1 Å². The lowest BCUT2D eigenvalue weighted by atomic mass is 10.2. The van der Waals surface area contributed by atoms with Crippen molar-refractivity contribution in [2.75, 3.05) is 31.6 Å². The van der Waals surface area contributed by atoms with Crippen molar-refractivity contribution >= 4 is 5.69 Å². The summed E-state index contributed by atoms with van der Waals surface area (Å²) in [6.07, 6.45) is -4.54. The summed E-state index contributed by atoms with van der Waals surface area (Å²) in [7, 11) is 0. The Kier molecular flexibility index (Phi) is 5.36. The number of hydrogen-bond donors (Lipinski definition) is 2. The second-order valence-electron chi connectivity index (χ2n) is 3.52. The molecule has 7 heteroatoms. The number of nitrogens with one attached hydrogen (secondary N) is 1. The fourth-order valence-electron chi connectivity index (χ4n) is 1.28. The van der Waals surface area contributed by atoms with Crippen molar-refractivity contribution in [1.29, 1.82) is 0 Å². The van der Waals surface area contributed by atoms with Crippen molar-refractivity contribution in [3.63, 3.8) is 0 Å². The molecule has 3 nitrogen and oxygen atoms in total. The van der Waals surface area contributed by atoms with Crippen LogP contribution in [-0.2, 0) is 10.9 Å². The van der Waals surface area contributed by atoms with Gasteiger partial charge in [0, 0.05) is 13.1 Å². The van der Waals surface area contributed by atoms with E-state index in [1.807, 2.05) is 0 Å². The van der Waals surface area contributed by atoms with Gasteiger partial charge < -0.3 is 15.8 Å². The van der Waals surface area contributed by atoms with Gasteiger partial charge in [-0.05, 0) is 18.2 Å². The van der Waals surface area contributed by atoms with E-state index in [-0.39, 0.29) is 5.69 Å². The van der Waals surface area contributed by atoms with E-state index in [1.165, 1.54) is 0 Å². The zero-order valence-corrected chi connectivity index (χ0v) is 9.56. The maximum absolute atomic E-state index is 13.3. The third kappa shape index (κ3) is 4.50. The van der Waals surface area contributed by atoms with Gasteiger partial charge in [0.15, 0.2) is 0 Å². The van der Waals surface area contributed by atoms with Gasteiger partial charge in [-0.1, -0.05) is 0 Å². The zero-order valence-electron chi connectivity index (χ0n) is 9.56. The third-order valence-corrected chi connectivity index (χ3v) is 2.12. The lowest BCUT2D eigenvalue weighted by molar-refractivity contribution is -0.137. The molecule has 0 spiro atoms. The molecule has 0 heterocycles. The van der Waals surface area contributed by atoms with Crippen LogP contribution >= 0.6 is 0 Å². The molecular weight excluding hydrogens is 252 g/mol. The molecule has 102 valence electrons. The largest absolute Gasteiger partial charge is 0.416 e. The van der Waals surface area contributed by atoms with Crippen LogP contribution in [0.4, 0.5) is 23.2 Å². The highest BCUT2D eigenvalue weighted by Crippen LogP contribution is 2.31. The normalized spacial score (nSPS) is 11.6. The first-order chi connectivity index (χ1) is 8.45. The summed E-state index contributed by atoms with van der Waals surface area (Å²) in [6, 6.07) is 2.34. The van der Waals surface area contributed by atoms with E-state index >= 15 is 0 Å². The minimum Gasteiger partial charge on any atom is -0.380 e. The van der Waals surface area contributed by atoms with E-state index in [0.29, 0.717) is 32.4 Å². The van der Waals surface area contributed by atoms with Gasteiger partial charge >= 0.3 is 6.18 Å². The molecule has 1 aromatic carbocycles. The molecule has 0 aliphatic heterocycles. The molecule has 0 aromatic heterocycles. The second kappa shape index (κ2) is 6.55. The number of rotatable bonds is 6. The van der Waals surface area contributed by atoms with E-state index in [2.05, 4.69) is 5.32 Å². The van der Waals surface area contributed by atoms with Crippen molar-refractivity contribution in [2.45, 2.75) is 6.18 Å². The highest BCUT2D eigenvalue weighted by atomic mass is 19.4. The minimum absolute atomic E-state index is 0.0133. The topological polar surface area (TPSA) is 47.3 Å². The molecule has 0 saturated heterocycles. The zero-order chi connectivity index (χ0) is 13.6. The SMILES string of the molecule is NCCOCCNc1ccc(C(F)(F)F)cc1F. The highest BCUT2D eigenvalue weighted by Gasteiger charge is 2.31. The standard InChI is InChI=1S/C11H14F4N2O/c12-9-7-8(11(13,14)15)1-2-10(9)17-4-6-18-5-3-16/h1-2,7,17H,3-6,16H2. The van der Waals surface area contributed by atoms with E-state index < -0.39 is 17.6 Å². The molecule has 0 bridgehead atoms. The maximum Gasteiger partial charge on any atom is 0.416 e. The van der Waals surface area contributed by atoms with Gasteiger partial charge in [-0.25, -0.2) is 4.39 Å². The summed E-state index contributed by atoms with van der Waals surface area (Å²) < 4.78 is 55.2. The van der Waals surface area contributed by atoms with Crippen LogP contribution in [0.1, 0.15) is 5.56 Å². The molecule has 0 fully saturated rings. The van der Waals surface area contributed by atoms with Gasteiger partial charge in [0.05, 0.1) is 24.5 Å². The summed E-state index contributed by atoms with van der Waals surface area (Å²) in [5.41, 5.74) is 4.20. The molecule has 0 atom stereocenters. The summed E-state index contributed by atoms with van der Waals surface area (Å²) >= 11 is 0. The Balaban J connectivity index is 2.53. The Bertz CT molecular complexity index is 382. The van der Waals surface area contributed by atoms with Crippen LogP contribution in [0.2, 0.25) is 0 Å². The average Bonchev–Trinajstić information content (AvgIpc) is 2.29. The average molecular weight is 266 g/mol. The summed E-state index contributed by atoms with van der Waals surface area (Å²) in [5.74, 6) is -0.941. The van der Waals surface area contributed by atoms with E-state index in [4.69, 9.17) is 10.5 Å². The quantitative estimate of drug-likeness (QED) is 0.613. The van der Waals surface area contributed by atoms with Crippen molar-refractivity contribution in [1.82, 2.24) is 0 Å². The number of hydrogen-bond acceptors (Lipinski definition) is 3. The summed E-state index contributed by atoms with van der Waals surface area (Å²) in [4.78, 5) is 0. The van der Waals surface area contributed by atoms with Crippen LogP contribution in [0.15, 0.2) is 18.2 Å². The van der Waals surface area contributed by atoms with Crippen molar-refractivity contribution in [3.8, 4) is 0 Å². The lowest BCUT2D eigenvalue weighted by Gasteiger charge is -2.11. The highest BCUT2D eigenvalue weighted by molar-refractivity contribution is 5.46. The molecule has 0 radical (unpaired) electrons. The van der Waals surface area contributed by atoms with Crippen LogP contribution in [0, 0.1) is 5.82 Å². The van der Waals surface area contributed by atoms with Crippen molar-refractivity contribution < 1.29 is 22.3 Å². The molecule has 0 amide bonds. The Morgan fingerprint density at radius 2 is 1.94 bits per heavy atom. The number of anilines is 1. The number of halogens is 4. The maximum atomic E-state index is 13.3. The number of alkyl halides is 3. The summed E-state index contributed by atoms with van der Waals surface area (Å²) in [6.45, 7) is 1.37. The molecule has 0 aliphatic carbocycles. The first kappa shape index (κ1) is 14.7. The van der Waals surface area contributed by atoms with E-state index in [9.17, 15) is 17.6 Å². The molecular formula is C11H14F4N2O. The van der Waals surface area contributed by atoms with E-state index in [1.54, 1.807) is 0 Å². The van der Waals surface area contributed by atoms with Crippen molar-refractivity contribution in [2.24, 2.45) is 5.73 Å². The first-order valence-electron chi connectivity index (χ1n) is 5.33. The predicted octanol–water partition coefficient (Wildman–Crippen LogP) is 2.23. The second-order valence-corrected chi connectivity index (χ2v) is 3.52. The Morgan fingerprint density at radius 1 is 1.22 bits per heavy atom. The Hall–Kier alpha value is -1.34. The summed E-state index contributed by atoms with van der Waals surface area (Å²) in [5, 5.41) is 2.64. The van der Waals surface area contributed by atoms with Gasteiger partial charge in [-0.3, -0.25) is 0 Å². The molecule has 1 rings (SSSR count). The minimum atomic E-state index is -4.54. The number of nitrogens with two attached hydrogens (primary N) is 1. The van der Waals surface area contributed by atoms with Crippen LogP contribution in [0.25, 0.3) is 0 Å². The van der Waals surface area contributed by atoms with Gasteiger partial charge in [-0.15, -0.1) is 0 Å². The number of ether oxygens (including phenoxy) is 1. The molecule has 1 aromatic rings. The Morgan fingerprint density at radius 3 is 2.50 bits per heavy atom. The van der Waals surface area contributed by atoms with Crippen molar-refractivity contribution in [3.05, 3.63) is 29.6 Å². The monoisotopic (exact) mass is 266 g/mol. The Labute approximate surface area is 102 Å². The molecule has 0 aliphatic rings. The van der Waals surface area contributed by atoms with Crippen LogP contribution in [0.5, 0.6) is 0 Å². The molecule has 0 unspecified atom stereocenters. The lowest BCUT2D eigenvalue weighted by Crippen LogP contribution is -2.15. The third-order valence-electron chi connectivity index (χ3n) is 2.12. The molecule has 18 heavy (non-hydrogen) atoms. The van der Waals surface area contributed by atoms with Crippen LogP contribution in [0.3, 0.4) is 0 Å². The fraction of sp³-hybridized carbons (Fsp3) is 0.455. The molecule has 3 N–H and O–H groups in total. The van der Waals surface area contributed by atoms with Gasteiger partial charge in [-0.2, -0.15) is 13.2 Å². The fourth-order valence-corrected chi connectivity index (χ4v) is 1.28.